The molecule has 10 heavy (non-hydrogen) atoms. The lowest BCUT2D eigenvalue weighted by Gasteiger charge is -1.93. The van der Waals surface area contributed by atoms with E-state index in [1.807, 2.05) is 0 Å². The Labute approximate surface area is 57.9 Å². The third kappa shape index (κ3) is 1.41. The molecule has 4 N–H and O–H groups in total. The van der Waals surface area contributed by atoms with Crippen molar-refractivity contribution in [3.05, 3.63) is 0 Å². The fourth-order valence-electron chi connectivity index (χ4n) is 0.480. The number of aromatic nitrogens is 3. The molecule has 1 unspecified atom stereocenters. The van der Waals surface area contributed by atoms with Gasteiger partial charge in [-0.05, 0) is 0 Å². The van der Waals surface area contributed by atoms with Crippen LogP contribution in [0.25, 0.3) is 0 Å². The van der Waals surface area contributed by atoms with E-state index in [0.717, 1.165) is 0 Å². The van der Waals surface area contributed by atoms with E-state index in [1.54, 1.807) is 0 Å². The van der Waals surface area contributed by atoms with Crippen molar-refractivity contribution >= 4 is 25.9 Å². The van der Waals surface area contributed by atoms with Crippen molar-refractivity contribution in [2.45, 2.75) is 0 Å². The number of nitrogens with two attached hydrogens (primary N) is 2. The van der Waals surface area contributed by atoms with Crippen molar-refractivity contribution in [3.8, 4) is 0 Å². The topological polar surface area (TPSA) is 108 Å². The van der Waals surface area contributed by atoms with Crippen LogP contribution in [-0.4, -0.2) is 15.0 Å². The molecule has 6 nitrogen and oxygen atoms in total. The molecule has 54 valence electrons. The molecule has 0 aliphatic rings. The van der Waals surface area contributed by atoms with Crippen LogP contribution in [-0.2, 0) is 4.57 Å². The third-order valence-electron chi connectivity index (χ3n) is 0.793. The van der Waals surface area contributed by atoms with Gasteiger partial charge < -0.3 is 16.0 Å². The molecule has 0 aliphatic carbocycles. The summed E-state index contributed by atoms with van der Waals surface area (Å²) in [6, 6.07) is 0. The maximum Gasteiger partial charge on any atom is 0.225 e. The summed E-state index contributed by atoms with van der Waals surface area (Å²) in [5, 5.41) is 0. The van der Waals surface area contributed by atoms with Gasteiger partial charge in [-0.1, -0.05) is 0 Å². The first kappa shape index (κ1) is 6.95. The molecule has 1 rings (SSSR count). The molecular formula is C3H6N5OP. The number of nitrogen functional groups attached to an aromatic ring is 2. The lowest BCUT2D eigenvalue weighted by Crippen LogP contribution is -2.13. The summed E-state index contributed by atoms with van der Waals surface area (Å²) < 4.78 is 10.3. The van der Waals surface area contributed by atoms with Crippen LogP contribution in [0.15, 0.2) is 0 Å². The van der Waals surface area contributed by atoms with Crippen LogP contribution in [0.5, 0.6) is 0 Å². The summed E-state index contributed by atoms with van der Waals surface area (Å²) in [5.74, 6) is 0.0108. The maximum absolute atomic E-state index is 10.3. The van der Waals surface area contributed by atoms with Crippen LogP contribution in [0.1, 0.15) is 0 Å². The zero-order valence-electron chi connectivity index (χ0n) is 4.98. The summed E-state index contributed by atoms with van der Waals surface area (Å²) >= 11 is 0. The molecule has 0 amide bonds. The summed E-state index contributed by atoms with van der Waals surface area (Å²) in [7, 11) is -1.19. The van der Waals surface area contributed by atoms with Gasteiger partial charge in [-0.15, -0.1) is 0 Å². The van der Waals surface area contributed by atoms with Gasteiger partial charge in [-0.2, -0.15) is 15.0 Å². The Morgan fingerprint density at radius 2 is 1.60 bits per heavy atom. The van der Waals surface area contributed by atoms with Crippen molar-refractivity contribution in [2.24, 2.45) is 0 Å². The average molecular weight is 159 g/mol. The minimum Gasteiger partial charge on any atom is -0.368 e. The summed E-state index contributed by atoms with van der Waals surface area (Å²) in [6.45, 7) is 0. The Morgan fingerprint density at radius 3 is 2.00 bits per heavy atom. The predicted molar refractivity (Wildman–Crippen MR) is 38.7 cm³/mol. The van der Waals surface area contributed by atoms with Gasteiger partial charge in [0.1, 0.15) is 8.46 Å². The molecule has 0 radical (unpaired) electrons. The first-order valence-electron chi connectivity index (χ1n) is 2.44. The van der Waals surface area contributed by atoms with Crippen molar-refractivity contribution in [3.63, 3.8) is 0 Å². The molecule has 0 saturated heterocycles. The molecule has 0 aromatic carbocycles. The highest BCUT2D eigenvalue weighted by Gasteiger charge is 1.96. The number of nitrogens with zero attached hydrogens (tertiary/aromatic N) is 3. The SMILES string of the molecule is Nc1nc(N)nc([PH2]=O)n1. The number of anilines is 2. The van der Waals surface area contributed by atoms with Gasteiger partial charge in [-0.3, -0.25) is 0 Å². The van der Waals surface area contributed by atoms with E-state index >= 15 is 0 Å². The molecule has 0 aliphatic heterocycles. The summed E-state index contributed by atoms with van der Waals surface area (Å²) in [4.78, 5) is 10.6. The molecule has 0 saturated carbocycles. The van der Waals surface area contributed by atoms with Gasteiger partial charge in [0, 0.05) is 0 Å². The van der Waals surface area contributed by atoms with Gasteiger partial charge in [0.2, 0.25) is 11.9 Å². The van der Waals surface area contributed by atoms with Crippen LogP contribution in [0.4, 0.5) is 11.9 Å². The molecule has 1 atom stereocenters. The monoisotopic (exact) mass is 159 g/mol. The van der Waals surface area contributed by atoms with Gasteiger partial charge in [-0.25, -0.2) is 0 Å². The maximum atomic E-state index is 10.3. The highest BCUT2D eigenvalue weighted by molar-refractivity contribution is 7.33. The Morgan fingerprint density at radius 1 is 1.10 bits per heavy atom. The number of hydrogen-bond donors (Lipinski definition) is 2. The first-order chi connectivity index (χ1) is 4.72. The Bertz CT molecular complexity index is 243. The summed E-state index contributed by atoms with van der Waals surface area (Å²) in [6.07, 6.45) is 0. The van der Waals surface area contributed by atoms with Crippen LogP contribution in [0.3, 0.4) is 0 Å². The minimum absolute atomic E-state index is 0.00542. The van der Waals surface area contributed by atoms with Gasteiger partial charge in [0.15, 0.2) is 5.57 Å². The van der Waals surface area contributed by atoms with Crippen LogP contribution < -0.4 is 17.0 Å². The Balaban J connectivity index is 3.18. The van der Waals surface area contributed by atoms with Gasteiger partial charge in [0.25, 0.3) is 0 Å². The molecule has 0 bridgehead atoms. The van der Waals surface area contributed by atoms with E-state index in [-0.39, 0.29) is 17.5 Å². The quantitative estimate of drug-likeness (QED) is 0.478. The second-order valence-electron chi connectivity index (χ2n) is 1.53. The fraction of sp³-hybridized carbons (Fsp3) is 0. The van der Waals surface area contributed by atoms with Crippen molar-refractivity contribution in [2.75, 3.05) is 11.5 Å². The second-order valence-corrected chi connectivity index (χ2v) is 2.28. The van der Waals surface area contributed by atoms with E-state index in [0.29, 0.717) is 0 Å². The number of hydrogen-bond acceptors (Lipinski definition) is 6. The number of rotatable bonds is 1. The first-order valence-corrected chi connectivity index (χ1v) is 3.49. The minimum atomic E-state index is -1.19. The van der Waals surface area contributed by atoms with Gasteiger partial charge in [0.05, 0.1) is 0 Å². The standard InChI is InChI=1S/C3H6N5OP/c4-1-6-2(5)8-3(7-1)10-9/h10H2,(H4,4,5,6,7,8). The average Bonchev–Trinajstić information content (AvgIpc) is 1.85. The zero-order chi connectivity index (χ0) is 7.56. The molecule has 1 heterocycles. The van der Waals surface area contributed by atoms with Crippen molar-refractivity contribution in [1.29, 1.82) is 0 Å². The van der Waals surface area contributed by atoms with E-state index in [2.05, 4.69) is 15.0 Å². The van der Waals surface area contributed by atoms with Crippen LogP contribution in [0, 0.1) is 0 Å². The van der Waals surface area contributed by atoms with Crippen molar-refractivity contribution < 1.29 is 4.57 Å². The lowest BCUT2D eigenvalue weighted by atomic mass is 10.9. The van der Waals surface area contributed by atoms with Gasteiger partial charge >= 0.3 is 0 Å². The lowest BCUT2D eigenvalue weighted by molar-refractivity contribution is 0.602. The smallest absolute Gasteiger partial charge is 0.225 e. The van der Waals surface area contributed by atoms with Crippen LogP contribution in [0.2, 0.25) is 0 Å². The highest BCUT2D eigenvalue weighted by atomic mass is 31.1. The Hall–Kier alpha value is -1.16. The second kappa shape index (κ2) is 2.62. The fourth-order valence-corrected chi connectivity index (χ4v) is 0.850. The molecule has 7 heteroatoms. The van der Waals surface area contributed by atoms with E-state index < -0.39 is 8.46 Å². The highest BCUT2D eigenvalue weighted by Crippen LogP contribution is 1.94. The molecule has 0 fully saturated rings. The van der Waals surface area contributed by atoms with E-state index in [9.17, 15) is 4.57 Å². The molecular weight excluding hydrogens is 153 g/mol. The molecule has 1 aromatic heterocycles. The Kier molecular flexibility index (Phi) is 1.82. The molecule has 0 spiro atoms. The summed E-state index contributed by atoms with van der Waals surface area (Å²) in [5.41, 5.74) is 10.5. The largest absolute Gasteiger partial charge is 0.368 e. The van der Waals surface area contributed by atoms with E-state index in [4.69, 9.17) is 11.5 Å². The van der Waals surface area contributed by atoms with Crippen LogP contribution >= 0.6 is 8.46 Å². The normalized spacial score (nSPS) is 10.8. The molecule has 1 aromatic rings. The van der Waals surface area contributed by atoms with E-state index in [1.165, 1.54) is 0 Å². The zero-order valence-corrected chi connectivity index (χ0v) is 6.14. The van der Waals surface area contributed by atoms with Crippen molar-refractivity contribution in [1.82, 2.24) is 15.0 Å². The predicted octanol–water partition coefficient (Wildman–Crippen LogP) is -1.58. The third-order valence-corrected chi connectivity index (χ3v) is 1.26.